The predicted octanol–water partition coefficient (Wildman–Crippen LogP) is 5.43. The highest BCUT2D eigenvalue weighted by Gasteiger charge is 1.79. The maximum Gasteiger partial charge on any atom is -0.0348 e. The van der Waals surface area contributed by atoms with Crippen LogP contribution in [0.25, 0.3) is 0 Å². The third kappa shape index (κ3) is 13.2. The zero-order valence-corrected chi connectivity index (χ0v) is 10.4. The van der Waals surface area contributed by atoms with Crippen LogP contribution in [0.3, 0.4) is 0 Å². The van der Waals surface area contributed by atoms with Crippen molar-refractivity contribution >= 4 is 0 Å². The first-order valence-corrected chi connectivity index (χ1v) is 6.40. The summed E-state index contributed by atoms with van der Waals surface area (Å²) in [7, 11) is 0. The molecular formula is C15H26. The second-order valence-corrected chi connectivity index (χ2v) is 3.88. The average Bonchev–Trinajstić information content (AvgIpc) is 2.26. The van der Waals surface area contributed by atoms with Crippen LogP contribution in [0.15, 0.2) is 36.5 Å². The van der Waals surface area contributed by atoms with Crippen molar-refractivity contribution in [3.05, 3.63) is 36.5 Å². The van der Waals surface area contributed by atoms with Gasteiger partial charge in [-0.3, -0.25) is 0 Å². The van der Waals surface area contributed by atoms with E-state index >= 15 is 0 Å². The minimum absolute atomic E-state index is 1.21. The SMILES string of the molecule is CCCC/C=C/C=C/C=C/CCCCC. The maximum atomic E-state index is 2.26. The van der Waals surface area contributed by atoms with Crippen molar-refractivity contribution in [1.29, 1.82) is 0 Å². The van der Waals surface area contributed by atoms with Crippen LogP contribution in [-0.2, 0) is 0 Å². The molecule has 86 valence electrons. The van der Waals surface area contributed by atoms with Gasteiger partial charge in [0.1, 0.15) is 0 Å². The lowest BCUT2D eigenvalue weighted by atomic mass is 10.2. The van der Waals surface area contributed by atoms with Crippen LogP contribution in [0.5, 0.6) is 0 Å². The van der Waals surface area contributed by atoms with E-state index in [1.165, 1.54) is 44.9 Å². The number of rotatable bonds is 9. The van der Waals surface area contributed by atoms with Gasteiger partial charge in [-0.1, -0.05) is 76.0 Å². The lowest BCUT2D eigenvalue weighted by Crippen LogP contribution is -1.69. The van der Waals surface area contributed by atoms with Crippen molar-refractivity contribution in [2.45, 2.75) is 58.8 Å². The van der Waals surface area contributed by atoms with Gasteiger partial charge in [-0.15, -0.1) is 0 Å². The summed E-state index contributed by atoms with van der Waals surface area (Å²) in [5, 5.41) is 0. The third-order valence-electron chi connectivity index (χ3n) is 2.30. The molecular weight excluding hydrogens is 180 g/mol. The van der Waals surface area contributed by atoms with Crippen LogP contribution in [0.2, 0.25) is 0 Å². The van der Waals surface area contributed by atoms with Crippen LogP contribution >= 0.6 is 0 Å². The first-order valence-electron chi connectivity index (χ1n) is 6.40. The Balaban J connectivity index is 3.32. The second-order valence-electron chi connectivity index (χ2n) is 3.88. The molecule has 0 saturated heterocycles. The van der Waals surface area contributed by atoms with Crippen molar-refractivity contribution in [2.24, 2.45) is 0 Å². The van der Waals surface area contributed by atoms with Gasteiger partial charge in [0.25, 0.3) is 0 Å². The fourth-order valence-corrected chi connectivity index (χ4v) is 1.31. The smallest absolute Gasteiger partial charge is 0.0348 e. The van der Waals surface area contributed by atoms with E-state index < -0.39 is 0 Å². The lowest BCUT2D eigenvalue weighted by Gasteiger charge is -1.89. The molecule has 0 radical (unpaired) electrons. The molecule has 0 N–H and O–H groups in total. The topological polar surface area (TPSA) is 0 Å². The Hall–Kier alpha value is -0.780. The van der Waals surface area contributed by atoms with Crippen LogP contribution in [-0.4, -0.2) is 0 Å². The maximum absolute atomic E-state index is 2.26. The Morgan fingerprint density at radius 1 is 0.600 bits per heavy atom. The van der Waals surface area contributed by atoms with E-state index in [1.807, 2.05) is 0 Å². The van der Waals surface area contributed by atoms with Gasteiger partial charge >= 0.3 is 0 Å². The summed E-state index contributed by atoms with van der Waals surface area (Å²) in [5.74, 6) is 0. The standard InChI is InChI=1S/C15H26/c1-3-5-7-9-11-13-15-14-12-10-8-6-4-2/h9,11-15H,3-8,10H2,1-2H3/b11-9+,14-12+,15-13+. The van der Waals surface area contributed by atoms with E-state index in [2.05, 4.69) is 50.3 Å². The highest BCUT2D eigenvalue weighted by Crippen LogP contribution is 1.99. The largest absolute Gasteiger partial charge is 0.0845 e. The first kappa shape index (κ1) is 14.2. The molecule has 0 atom stereocenters. The molecule has 15 heavy (non-hydrogen) atoms. The van der Waals surface area contributed by atoms with Gasteiger partial charge in [-0.05, 0) is 19.3 Å². The van der Waals surface area contributed by atoms with Crippen molar-refractivity contribution in [3.8, 4) is 0 Å². The molecule has 0 aliphatic heterocycles. The Labute approximate surface area is 95.8 Å². The van der Waals surface area contributed by atoms with E-state index in [9.17, 15) is 0 Å². The van der Waals surface area contributed by atoms with Crippen molar-refractivity contribution < 1.29 is 0 Å². The Bertz CT molecular complexity index is 184. The lowest BCUT2D eigenvalue weighted by molar-refractivity contribution is 0.729. The van der Waals surface area contributed by atoms with Gasteiger partial charge < -0.3 is 0 Å². The fourth-order valence-electron chi connectivity index (χ4n) is 1.31. The summed E-state index contributed by atoms with van der Waals surface area (Å²) in [6.45, 7) is 4.47. The minimum atomic E-state index is 1.21. The molecule has 0 aromatic rings. The number of unbranched alkanes of at least 4 members (excludes halogenated alkanes) is 5. The van der Waals surface area contributed by atoms with Crippen molar-refractivity contribution in [3.63, 3.8) is 0 Å². The summed E-state index contributed by atoms with van der Waals surface area (Å²) in [4.78, 5) is 0. The van der Waals surface area contributed by atoms with E-state index in [-0.39, 0.29) is 0 Å². The van der Waals surface area contributed by atoms with Crippen molar-refractivity contribution in [1.82, 2.24) is 0 Å². The zero-order valence-electron chi connectivity index (χ0n) is 10.4. The number of allylic oxidation sites excluding steroid dienone is 6. The molecule has 0 saturated carbocycles. The molecule has 0 aromatic heterocycles. The highest BCUT2D eigenvalue weighted by molar-refractivity contribution is 5.10. The van der Waals surface area contributed by atoms with Crippen molar-refractivity contribution in [2.75, 3.05) is 0 Å². The Kier molecular flexibility index (Phi) is 12.5. The molecule has 0 heterocycles. The van der Waals surface area contributed by atoms with Crippen LogP contribution in [0.4, 0.5) is 0 Å². The van der Waals surface area contributed by atoms with Gasteiger partial charge in [0.2, 0.25) is 0 Å². The van der Waals surface area contributed by atoms with Crippen LogP contribution in [0.1, 0.15) is 58.8 Å². The minimum Gasteiger partial charge on any atom is -0.0845 e. The van der Waals surface area contributed by atoms with Crippen LogP contribution < -0.4 is 0 Å². The van der Waals surface area contributed by atoms with E-state index in [0.29, 0.717) is 0 Å². The third-order valence-corrected chi connectivity index (χ3v) is 2.30. The summed E-state index contributed by atoms with van der Waals surface area (Å²) in [6.07, 6.45) is 22.0. The Morgan fingerprint density at radius 2 is 1.13 bits per heavy atom. The van der Waals surface area contributed by atoms with Gasteiger partial charge in [0, 0.05) is 0 Å². The summed E-state index contributed by atoms with van der Waals surface area (Å²) in [6, 6.07) is 0. The number of hydrogen-bond acceptors (Lipinski definition) is 0. The molecule has 0 nitrogen and oxygen atoms in total. The predicted molar refractivity (Wildman–Crippen MR) is 71.1 cm³/mol. The van der Waals surface area contributed by atoms with E-state index in [4.69, 9.17) is 0 Å². The molecule has 0 spiro atoms. The zero-order chi connectivity index (χ0) is 11.2. The molecule has 0 amide bonds. The second kappa shape index (κ2) is 13.2. The monoisotopic (exact) mass is 206 g/mol. The normalized spacial score (nSPS) is 12.4. The van der Waals surface area contributed by atoms with Gasteiger partial charge in [-0.25, -0.2) is 0 Å². The molecule has 0 unspecified atom stereocenters. The number of hydrogen-bond donors (Lipinski definition) is 0. The molecule has 0 aliphatic rings. The average molecular weight is 206 g/mol. The van der Waals surface area contributed by atoms with Gasteiger partial charge in [0.15, 0.2) is 0 Å². The summed E-state index contributed by atoms with van der Waals surface area (Å²) < 4.78 is 0. The summed E-state index contributed by atoms with van der Waals surface area (Å²) in [5.41, 5.74) is 0. The van der Waals surface area contributed by atoms with Gasteiger partial charge in [-0.2, -0.15) is 0 Å². The van der Waals surface area contributed by atoms with Gasteiger partial charge in [0.05, 0.1) is 0 Å². The molecule has 0 fully saturated rings. The Morgan fingerprint density at radius 3 is 1.67 bits per heavy atom. The molecule has 0 aromatic carbocycles. The van der Waals surface area contributed by atoms with E-state index in [1.54, 1.807) is 0 Å². The molecule has 0 heteroatoms. The fraction of sp³-hybridized carbons (Fsp3) is 0.600. The molecule has 0 aliphatic carbocycles. The summed E-state index contributed by atoms with van der Waals surface area (Å²) >= 11 is 0. The highest BCUT2D eigenvalue weighted by atomic mass is 13.9. The van der Waals surface area contributed by atoms with E-state index in [0.717, 1.165) is 0 Å². The first-order chi connectivity index (χ1) is 7.41. The quantitative estimate of drug-likeness (QED) is 0.349. The molecule has 0 rings (SSSR count). The van der Waals surface area contributed by atoms with Crippen LogP contribution in [0, 0.1) is 0 Å². The molecule has 0 bridgehead atoms.